The molecule has 1 aromatic heterocycles. The third kappa shape index (κ3) is 1.32. The summed E-state index contributed by atoms with van der Waals surface area (Å²) in [5, 5.41) is 0.865. The van der Waals surface area contributed by atoms with Crippen molar-refractivity contribution in [3.05, 3.63) is 33.9 Å². The number of carbonyl (C=O) groups excluding carboxylic acids is 1. The number of hydrogen-bond acceptors (Lipinski definition) is 1. The normalized spacial score (nSPS) is 10.7. The first-order chi connectivity index (χ1) is 6.59. The Morgan fingerprint density at radius 2 is 2.21 bits per heavy atom. The van der Waals surface area contributed by atoms with Gasteiger partial charge in [-0.25, -0.2) is 0 Å². The number of carbonyl (C=O) groups is 1. The average Bonchev–Trinajstić information content (AvgIpc) is 2.40. The van der Waals surface area contributed by atoms with Crippen LogP contribution in [-0.4, -0.2) is 10.9 Å². The number of halogens is 1. The molecule has 0 saturated heterocycles. The molecular weight excluding hydrogens is 244 g/mol. The maximum atomic E-state index is 11.2. The van der Waals surface area contributed by atoms with E-state index < -0.39 is 5.91 Å². The van der Waals surface area contributed by atoms with Crippen molar-refractivity contribution < 1.29 is 4.79 Å². The highest BCUT2D eigenvalue weighted by Crippen LogP contribution is 2.24. The SMILES string of the molecule is Cc1[nH]c2ccc(Br)cc2c1C(N)=O. The molecule has 0 bridgehead atoms. The summed E-state index contributed by atoms with van der Waals surface area (Å²) in [6, 6.07) is 5.72. The fourth-order valence-electron chi connectivity index (χ4n) is 1.62. The molecule has 0 aliphatic rings. The van der Waals surface area contributed by atoms with Gasteiger partial charge in [0, 0.05) is 21.1 Å². The van der Waals surface area contributed by atoms with E-state index in [0.29, 0.717) is 5.56 Å². The summed E-state index contributed by atoms with van der Waals surface area (Å²) in [6.07, 6.45) is 0. The maximum absolute atomic E-state index is 11.2. The second kappa shape index (κ2) is 3.13. The summed E-state index contributed by atoms with van der Waals surface area (Å²) in [7, 11) is 0. The quantitative estimate of drug-likeness (QED) is 0.805. The van der Waals surface area contributed by atoms with Gasteiger partial charge in [0.15, 0.2) is 0 Å². The number of aromatic nitrogens is 1. The lowest BCUT2D eigenvalue weighted by atomic mass is 10.1. The number of aryl methyl sites for hydroxylation is 1. The Morgan fingerprint density at radius 1 is 1.50 bits per heavy atom. The Kier molecular flexibility index (Phi) is 2.07. The number of nitrogens with two attached hydrogens (primary N) is 1. The molecule has 0 aliphatic heterocycles. The van der Waals surface area contributed by atoms with Crippen molar-refractivity contribution in [1.29, 1.82) is 0 Å². The van der Waals surface area contributed by atoms with Crippen LogP contribution in [0.1, 0.15) is 16.1 Å². The number of hydrogen-bond donors (Lipinski definition) is 2. The van der Waals surface area contributed by atoms with Crippen molar-refractivity contribution in [2.45, 2.75) is 6.92 Å². The Morgan fingerprint density at radius 3 is 2.86 bits per heavy atom. The smallest absolute Gasteiger partial charge is 0.251 e. The van der Waals surface area contributed by atoms with Crippen LogP contribution in [-0.2, 0) is 0 Å². The van der Waals surface area contributed by atoms with Crippen molar-refractivity contribution >= 4 is 32.7 Å². The zero-order valence-corrected chi connectivity index (χ0v) is 9.18. The maximum Gasteiger partial charge on any atom is 0.251 e. The van der Waals surface area contributed by atoms with Crippen LogP contribution in [0, 0.1) is 6.92 Å². The monoisotopic (exact) mass is 252 g/mol. The predicted octanol–water partition coefficient (Wildman–Crippen LogP) is 2.34. The molecule has 1 heterocycles. The number of amides is 1. The molecule has 0 saturated carbocycles. The molecule has 1 aromatic carbocycles. The minimum absolute atomic E-state index is 0.396. The van der Waals surface area contributed by atoms with Crippen molar-refractivity contribution in [3.63, 3.8) is 0 Å². The molecule has 0 atom stereocenters. The molecule has 0 radical (unpaired) electrons. The molecule has 14 heavy (non-hydrogen) atoms. The van der Waals surface area contributed by atoms with Gasteiger partial charge in [-0.05, 0) is 25.1 Å². The summed E-state index contributed by atoms with van der Waals surface area (Å²) in [6.45, 7) is 1.84. The van der Waals surface area contributed by atoms with Gasteiger partial charge >= 0.3 is 0 Å². The number of rotatable bonds is 1. The van der Waals surface area contributed by atoms with Crippen LogP contribution in [0.5, 0.6) is 0 Å². The van der Waals surface area contributed by atoms with Gasteiger partial charge < -0.3 is 10.7 Å². The van der Waals surface area contributed by atoms with E-state index in [9.17, 15) is 4.79 Å². The number of H-pyrrole nitrogens is 1. The van der Waals surface area contributed by atoms with Gasteiger partial charge in [0.25, 0.3) is 5.91 Å². The van der Waals surface area contributed by atoms with E-state index in [1.165, 1.54) is 0 Å². The standard InChI is InChI=1S/C10H9BrN2O/c1-5-9(10(12)14)7-4-6(11)2-3-8(7)13-5/h2-4,13H,1H3,(H2,12,14). The molecule has 2 rings (SSSR count). The molecule has 1 amide bonds. The van der Waals surface area contributed by atoms with Crippen LogP contribution in [0.2, 0.25) is 0 Å². The zero-order valence-electron chi connectivity index (χ0n) is 7.60. The second-order valence-corrected chi connectivity index (χ2v) is 4.09. The predicted molar refractivity (Wildman–Crippen MR) is 59.3 cm³/mol. The Bertz CT molecular complexity index is 516. The lowest BCUT2D eigenvalue weighted by molar-refractivity contribution is 0.100. The van der Waals surface area contributed by atoms with Crippen LogP contribution in [0.4, 0.5) is 0 Å². The molecule has 72 valence electrons. The highest BCUT2D eigenvalue weighted by molar-refractivity contribution is 9.10. The van der Waals surface area contributed by atoms with Gasteiger partial charge in [-0.3, -0.25) is 4.79 Å². The van der Waals surface area contributed by atoms with E-state index in [-0.39, 0.29) is 0 Å². The van der Waals surface area contributed by atoms with E-state index in [1.54, 1.807) is 0 Å². The molecule has 3 nitrogen and oxygen atoms in total. The highest BCUT2D eigenvalue weighted by atomic mass is 79.9. The van der Waals surface area contributed by atoms with Crippen molar-refractivity contribution in [1.82, 2.24) is 4.98 Å². The first-order valence-electron chi connectivity index (χ1n) is 4.17. The fraction of sp³-hybridized carbons (Fsp3) is 0.100. The molecule has 0 spiro atoms. The molecular formula is C10H9BrN2O. The summed E-state index contributed by atoms with van der Waals surface area (Å²) in [5.74, 6) is -0.396. The van der Waals surface area contributed by atoms with E-state index in [4.69, 9.17) is 5.73 Å². The number of aromatic amines is 1. The lowest BCUT2D eigenvalue weighted by Crippen LogP contribution is -2.11. The van der Waals surface area contributed by atoms with Gasteiger partial charge in [0.2, 0.25) is 0 Å². The summed E-state index contributed by atoms with van der Waals surface area (Å²) in [4.78, 5) is 14.3. The highest BCUT2D eigenvalue weighted by Gasteiger charge is 2.12. The van der Waals surface area contributed by atoms with Crippen molar-refractivity contribution in [2.75, 3.05) is 0 Å². The van der Waals surface area contributed by atoms with Gasteiger partial charge in [-0.2, -0.15) is 0 Å². The van der Waals surface area contributed by atoms with Crippen LogP contribution in [0.15, 0.2) is 22.7 Å². The number of primary amides is 1. The van der Waals surface area contributed by atoms with E-state index >= 15 is 0 Å². The van der Waals surface area contributed by atoms with Gasteiger partial charge in [-0.15, -0.1) is 0 Å². The fourth-order valence-corrected chi connectivity index (χ4v) is 1.98. The van der Waals surface area contributed by atoms with Crippen LogP contribution in [0.3, 0.4) is 0 Å². The van der Waals surface area contributed by atoms with Gasteiger partial charge in [0.05, 0.1) is 5.56 Å². The molecule has 0 fully saturated rings. The first kappa shape index (κ1) is 9.27. The van der Waals surface area contributed by atoms with Gasteiger partial charge in [0.1, 0.15) is 0 Å². The third-order valence-corrected chi connectivity index (χ3v) is 2.69. The second-order valence-electron chi connectivity index (χ2n) is 3.18. The molecule has 3 N–H and O–H groups in total. The molecule has 4 heteroatoms. The molecule has 0 unspecified atom stereocenters. The van der Waals surface area contributed by atoms with Crippen LogP contribution in [0.25, 0.3) is 10.9 Å². The lowest BCUT2D eigenvalue weighted by Gasteiger charge is -1.94. The molecule has 2 aromatic rings. The third-order valence-electron chi connectivity index (χ3n) is 2.19. The van der Waals surface area contributed by atoms with Crippen LogP contribution < -0.4 is 5.73 Å². The average molecular weight is 253 g/mol. The molecule has 0 aliphatic carbocycles. The summed E-state index contributed by atoms with van der Waals surface area (Å²) >= 11 is 3.36. The van der Waals surface area contributed by atoms with E-state index in [2.05, 4.69) is 20.9 Å². The summed E-state index contributed by atoms with van der Waals surface area (Å²) < 4.78 is 0.937. The Labute approximate surface area is 89.4 Å². The minimum atomic E-state index is -0.396. The summed E-state index contributed by atoms with van der Waals surface area (Å²) in [5.41, 5.74) is 7.61. The zero-order chi connectivity index (χ0) is 10.3. The van der Waals surface area contributed by atoms with E-state index in [0.717, 1.165) is 21.1 Å². The van der Waals surface area contributed by atoms with Crippen LogP contribution >= 0.6 is 15.9 Å². The Hall–Kier alpha value is -1.29. The van der Waals surface area contributed by atoms with Crippen molar-refractivity contribution in [3.8, 4) is 0 Å². The topological polar surface area (TPSA) is 58.9 Å². The van der Waals surface area contributed by atoms with E-state index in [1.807, 2.05) is 25.1 Å². The first-order valence-corrected chi connectivity index (χ1v) is 4.96. The minimum Gasteiger partial charge on any atom is -0.366 e. The van der Waals surface area contributed by atoms with Gasteiger partial charge in [-0.1, -0.05) is 15.9 Å². The van der Waals surface area contributed by atoms with Crippen molar-refractivity contribution in [2.24, 2.45) is 5.73 Å². The number of nitrogens with one attached hydrogen (secondary N) is 1. The Balaban J connectivity index is 2.86. The number of benzene rings is 1. The number of fused-ring (bicyclic) bond motifs is 1. The largest absolute Gasteiger partial charge is 0.366 e.